The maximum atomic E-state index is 12.6. The van der Waals surface area contributed by atoms with Crippen molar-refractivity contribution in [2.45, 2.75) is 46.6 Å². The van der Waals surface area contributed by atoms with Crippen molar-refractivity contribution in [3.05, 3.63) is 71.3 Å². The molecule has 6 heteroatoms. The van der Waals surface area contributed by atoms with Gasteiger partial charge < -0.3 is 9.73 Å². The number of nitrogens with zero attached hydrogens (tertiary/aromatic N) is 3. The number of aryl methyl sites for hydroxylation is 3. The molecule has 34 heavy (non-hydrogen) atoms. The predicted octanol–water partition coefficient (Wildman–Crippen LogP) is 5.06. The molecule has 1 aromatic heterocycles. The highest BCUT2D eigenvalue weighted by atomic mass is 16.4. The highest BCUT2D eigenvalue weighted by Crippen LogP contribution is 2.26. The minimum absolute atomic E-state index is 0.0461. The van der Waals surface area contributed by atoms with E-state index in [1.165, 1.54) is 5.56 Å². The number of nitrogens with one attached hydrogen (secondary N) is 1. The van der Waals surface area contributed by atoms with Crippen LogP contribution in [-0.2, 0) is 17.8 Å². The largest absolute Gasteiger partial charge is 0.444 e. The van der Waals surface area contributed by atoms with Gasteiger partial charge in [0.05, 0.1) is 13.1 Å². The molecule has 1 fully saturated rings. The van der Waals surface area contributed by atoms with Gasteiger partial charge in [-0.2, -0.15) is 0 Å². The minimum Gasteiger partial charge on any atom is -0.444 e. The molecule has 1 saturated heterocycles. The molecular weight excluding hydrogens is 424 g/mol. The minimum atomic E-state index is 0.0461. The van der Waals surface area contributed by atoms with Crippen LogP contribution in [0, 0.1) is 13.8 Å². The topological polar surface area (TPSA) is 61.6 Å². The molecule has 1 aliphatic rings. The van der Waals surface area contributed by atoms with Gasteiger partial charge in [-0.3, -0.25) is 14.6 Å². The number of hydrogen-bond donors (Lipinski definition) is 1. The Labute approximate surface area is 203 Å². The fourth-order valence-corrected chi connectivity index (χ4v) is 4.56. The van der Waals surface area contributed by atoms with Crippen molar-refractivity contribution in [2.24, 2.45) is 0 Å². The van der Waals surface area contributed by atoms with Gasteiger partial charge in [0, 0.05) is 30.8 Å². The average Bonchev–Trinajstić information content (AvgIpc) is 3.08. The van der Waals surface area contributed by atoms with E-state index in [2.05, 4.69) is 47.2 Å². The molecule has 2 aromatic carbocycles. The standard InChI is InChI=1S/C28H36N4O2/c1-4-9-25-28(23-10-6-5-7-11-23)30-27(34-25)20-32-15-8-14-31(16-17-32)19-26(33)29-24-13-12-21(2)18-22(24)3/h5-7,10-13,18H,4,8-9,14-17,19-20H2,1-3H3,(H,29,33). The monoisotopic (exact) mass is 460 g/mol. The van der Waals surface area contributed by atoms with Crippen LogP contribution in [0.25, 0.3) is 11.3 Å². The second-order valence-electron chi connectivity index (χ2n) is 9.27. The van der Waals surface area contributed by atoms with Gasteiger partial charge in [0.2, 0.25) is 11.8 Å². The third-order valence-electron chi connectivity index (χ3n) is 6.33. The molecule has 4 rings (SSSR count). The Morgan fingerprint density at radius 3 is 2.56 bits per heavy atom. The highest BCUT2D eigenvalue weighted by Gasteiger charge is 2.21. The Morgan fingerprint density at radius 2 is 1.79 bits per heavy atom. The van der Waals surface area contributed by atoms with E-state index >= 15 is 0 Å². The van der Waals surface area contributed by atoms with Crippen LogP contribution in [0.3, 0.4) is 0 Å². The van der Waals surface area contributed by atoms with Gasteiger partial charge in [-0.25, -0.2) is 4.98 Å². The van der Waals surface area contributed by atoms with Crippen LogP contribution in [0.1, 0.15) is 42.5 Å². The zero-order valence-electron chi connectivity index (χ0n) is 20.6. The molecule has 180 valence electrons. The fourth-order valence-electron chi connectivity index (χ4n) is 4.56. The Kier molecular flexibility index (Phi) is 8.14. The van der Waals surface area contributed by atoms with Crippen molar-refractivity contribution in [3.63, 3.8) is 0 Å². The quantitative estimate of drug-likeness (QED) is 0.509. The third kappa shape index (κ3) is 6.33. The second-order valence-corrected chi connectivity index (χ2v) is 9.27. The van der Waals surface area contributed by atoms with Crippen LogP contribution in [-0.4, -0.2) is 53.4 Å². The van der Waals surface area contributed by atoms with E-state index in [1.54, 1.807) is 0 Å². The number of anilines is 1. The molecule has 2 heterocycles. The van der Waals surface area contributed by atoms with Gasteiger partial charge in [0.1, 0.15) is 11.5 Å². The molecule has 0 saturated carbocycles. The third-order valence-corrected chi connectivity index (χ3v) is 6.33. The number of rotatable bonds is 8. The summed E-state index contributed by atoms with van der Waals surface area (Å²) >= 11 is 0. The first-order valence-electron chi connectivity index (χ1n) is 12.4. The number of carbonyl (C=O) groups excluding carboxylic acids is 1. The van der Waals surface area contributed by atoms with Gasteiger partial charge in [-0.05, 0) is 51.4 Å². The van der Waals surface area contributed by atoms with Crippen molar-refractivity contribution >= 4 is 11.6 Å². The first-order valence-corrected chi connectivity index (χ1v) is 12.4. The molecule has 0 spiro atoms. The first-order chi connectivity index (χ1) is 16.5. The summed E-state index contributed by atoms with van der Waals surface area (Å²) in [4.78, 5) is 22.1. The van der Waals surface area contributed by atoms with Crippen molar-refractivity contribution in [3.8, 4) is 11.3 Å². The van der Waals surface area contributed by atoms with Crippen LogP contribution in [0.15, 0.2) is 52.9 Å². The molecule has 1 N–H and O–H groups in total. The number of aromatic nitrogens is 1. The highest BCUT2D eigenvalue weighted by molar-refractivity contribution is 5.93. The van der Waals surface area contributed by atoms with Crippen LogP contribution in [0.5, 0.6) is 0 Å². The number of amides is 1. The van der Waals surface area contributed by atoms with Gasteiger partial charge in [-0.15, -0.1) is 0 Å². The fraction of sp³-hybridized carbons (Fsp3) is 0.429. The Balaban J connectivity index is 1.33. The molecule has 0 unspecified atom stereocenters. The van der Waals surface area contributed by atoms with Crippen molar-refractivity contribution in [1.82, 2.24) is 14.8 Å². The number of hydrogen-bond acceptors (Lipinski definition) is 5. The van der Waals surface area contributed by atoms with Gasteiger partial charge in [-0.1, -0.05) is 55.0 Å². The molecular formula is C28H36N4O2. The van der Waals surface area contributed by atoms with Gasteiger partial charge in [0.25, 0.3) is 0 Å². The summed E-state index contributed by atoms with van der Waals surface area (Å²) in [6, 6.07) is 16.4. The van der Waals surface area contributed by atoms with E-state index in [0.717, 1.165) is 79.6 Å². The molecule has 0 aliphatic carbocycles. The predicted molar refractivity (Wildman–Crippen MR) is 137 cm³/mol. The molecule has 1 amide bonds. The van der Waals surface area contributed by atoms with E-state index in [4.69, 9.17) is 9.40 Å². The van der Waals surface area contributed by atoms with E-state index in [0.29, 0.717) is 13.1 Å². The molecule has 6 nitrogen and oxygen atoms in total. The number of carbonyl (C=O) groups is 1. The summed E-state index contributed by atoms with van der Waals surface area (Å²) in [5, 5.41) is 3.07. The summed E-state index contributed by atoms with van der Waals surface area (Å²) in [5.41, 5.74) is 5.27. The second kappa shape index (κ2) is 11.4. The van der Waals surface area contributed by atoms with Gasteiger partial charge in [0.15, 0.2) is 0 Å². The maximum Gasteiger partial charge on any atom is 0.238 e. The molecule has 0 bridgehead atoms. The summed E-state index contributed by atoms with van der Waals surface area (Å²) in [6.45, 7) is 11.0. The molecule has 1 aliphatic heterocycles. The van der Waals surface area contributed by atoms with E-state index in [9.17, 15) is 4.79 Å². The van der Waals surface area contributed by atoms with Crippen molar-refractivity contribution in [1.29, 1.82) is 0 Å². The van der Waals surface area contributed by atoms with Gasteiger partial charge >= 0.3 is 0 Å². The Bertz CT molecular complexity index is 1090. The molecule has 0 atom stereocenters. The summed E-state index contributed by atoms with van der Waals surface area (Å²) < 4.78 is 6.20. The maximum absolute atomic E-state index is 12.6. The van der Waals surface area contributed by atoms with Crippen LogP contribution in [0.4, 0.5) is 5.69 Å². The number of benzene rings is 2. The smallest absolute Gasteiger partial charge is 0.238 e. The number of oxazole rings is 1. The van der Waals surface area contributed by atoms with Crippen molar-refractivity contribution in [2.75, 3.05) is 38.0 Å². The normalized spacial score (nSPS) is 15.3. The summed E-state index contributed by atoms with van der Waals surface area (Å²) in [5.74, 6) is 1.80. The molecule has 0 radical (unpaired) electrons. The van der Waals surface area contributed by atoms with Crippen molar-refractivity contribution < 1.29 is 9.21 Å². The van der Waals surface area contributed by atoms with Crippen LogP contribution < -0.4 is 5.32 Å². The van der Waals surface area contributed by atoms with E-state index < -0.39 is 0 Å². The van der Waals surface area contributed by atoms with Crippen LogP contribution >= 0.6 is 0 Å². The Hall–Kier alpha value is -2.96. The van der Waals surface area contributed by atoms with E-state index in [-0.39, 0.29) is 5.91 Å². The average molecular weight is 461 g/mol. The van der Waals surface area contributed by atoms with Crippen LogP contribution in [0.2, 0.25) is 0 Å². The zero-order chi connectivity index (χ0) is 23.9. The Morgan fingerprint density at radius 1 is 1.03 bits per heavy atom. The summed E-state index contributed by atoms with van der Waals surface area (Å²) in [7, 11) is 0. The first kappa shape index (κ1) is 24.2. The lowest BCUT2D eigenvalue weighted by Gasteiger charge is -2.20. The molecule has 3 aromatic rings. The zero-order valence-corrected chi connectivity index (χ0v) is 20.6. The lowest BCUT2D eigenvalue weighted by Crippen LogP contribution is -2.36. The lowest BCUT2D eigenvalue weighted by atomic mass is 10.1. The lowest BCUT2D eigenvalue weighted by molar-refractivity contribution is -0.117. The SMILES string of the molecule is CCCc1oc(CN2CCCN(CC(=O)Nc3ccc(C)cc3C)CC2)nc1-c1ccccc1. The summed E-state index contributed by atoms with van der Waals surface area (Å²) in [6.07, 6.45) is 2.93. The van der Waals surface area contributed by atoms with E-state index in [1.807, 2.05) is 37.3 Å².